The second kappa shape index (κ2) is 10.3. The molecule has 0 spiro atoms. The molecular weight excluding hydrogens is 148 g/mol. The second-order valence-corrected chi connectivity index (χ2v) is 2.95. The van der Waals surface area contributed by atoms with Crippen molar-refractivity contribution in [3.8, 4) is 0 Å². The lowest BCUT2D eigenvalue weighted by Gasteiger charge is -1.99. The topological polar surface area (TPSA) is 24.1 Å². The summed E-state index contributed by atoms with van der Waals surface area (Å²) in [6, 6.07) is 0. The molecule has 2 nitrogen and oxygen atoms in total. The van der Waals surface area contributed by atoms with Gasteiger partial charge in [-0.1, -0.05) is 26.7 Å². The molecule has 2 N–H and O–H groups in total. The zero-order chi connectivity index (χ0) is 9.07. The highest BCUT2D eigenvalue weighted by molar-refractivity contribution is 4.76. The molecule has 0 aromatic rings. The number of nitrogens with one attached hydrogen (secondary N) is 2. The molecule has 0 fully saturated rings. The van der Waals surface area contributed by atoms with E-state index in [0.717, 1.165) is 13.1 Å². The smallest absolute Gasteiger partial charge is 0.0141 e. The van der Waals surface area contributed by atoms with Crippen LogP contribution in [0.2, 0.25) is 0 Å². The van der Waals surface area contributed by atoms with E-state index in [-0.39, 0.29) is 0 Å². The minimum absolute atomic E-state index is 1.09. The summed E-state index contributed by atoms with van der Waals surface area (Å²) in [5.41, 5.74) is 0. The van der Waals surface area contributed by atoms with Gasteiger partial charge in [-0.15, -0.1) is 0 Å². The monoisotopic (exact) mass is 170 g/mol. The summed E-state index contributed by atoms with van der Waals surface area (Å²) in [6.45, 7) is 6.57. The fourth-order valence-electron chi connectivity index (χ4n) is 0.842. The molecule has 0 saturated carbocycles. The van der Waals surface area contributed by atoms with Gasteiger partial charge < -0.3 is 10.6 Å². The van der Waals surface area contributed by atoms with Gasteiger partial charge in [-0.3, -0.25) is 0 Å². The summed E-state index contributed by atoms with van der Waals surface area (Å²) in [7, 11) is 0. The maximum atomic E-state index is 3.22. The summed E-state index contributed by atoms with van der Waals surface area (Å²) < 4.78 is 0. The Bertz CT molecular complexity index is 88.0. The van der Waals surface area contributed by atoms with E-state index < -0.39 is 0 Å². The summed E-state index contributed by atoms with van der Waals surface area (Å²) in [5.74, 6) is 0. The van der Waals surface area contributed by atoms with E-state index in [1.54, 1.807) is 0 Å². The Morgan fingerprint density at radius 2 is 1.25 bits per heavy atom. The fourth-order valence-corrected chi connectivity index (χ4v) is 0.842. The zero-order valence-corrected chi connectivity index (χ0v) is 8.40. The molecule has 0 saturated heterocycles. The Kier molecular flexibility index (Phi) is 9.77. The third-order valence-corrected chi connectivity index (χ3v) is 1.67. The van der Waals surface area contributed by atoms with Crippen LogP contribution in [0, 0.1) is 0 Å². The van der Waals surface area contributed by atoms with Crippen molar-refractivity contribution in [3.05, 3.63) is 12.4 Å². The average Bonchev–Trinajstić information content (AvgIpc) is 2.10. The van der Waals surface area contributed by atoms with E-state index in [2.05, 4.69) is 24.5 Å². The van der Waals surface area contributed by atoms with E-state index in [0.29, 0.717) is 0 Å². The SMILES string of the molecule is CCCCN/C=C\NCCCC. The van der Waals surface area contributed by atoms with Gasteiger partial charge in [0.25, 0.3) is 0 Å². The molecule has 72 valence electrons. The van der Waals surface area contributed by atoms with E-state index in [1.807, 2.05) is 12.4 Å². The molecule has 0 aliphatic rings. The Labute approximate surface area is 76.4 Å². The average molecular weight is 170 g/mol. The van der Waals surface area contributed by atoms with E-state index in [9.17, 15) is 0 Å². The molecule has 0 aromatic heterocycles. The van der Waals surface area contributed by atoms with Crippen LogP contribution in [0.1, 0.15) is 39.5 Å². The molecule has 0 unspecified atom stereocenters. The largest absolute Gasteiger partial charge is 0.390 e. The lowest BCUT2D eigenvalue weighted by molar-refractivity contribution is 0.714. The van der Waals surface area contributed by atoms with Gasteiger partial charge in [-0.2, -0.15) is 0 Å². The summed E-state index contributed by atoms with van der Waals surface area (Å²) in [5, 5.41) is 6.44. The molecule has 0 bridgehead atoms. The molecule has 0 rings (SSSR count). The van der Waals surface area contributed by atoms with E-state index >= 15 is 0 Å². The normalized spacial score (nSPS) is 10.5. The maximum Gasteiger partial charge on any atom is 0.0141 e. The molecular formula is C10H22N2. The molecule has 0 aliphatic carbocycles. The van der Waals surface area contributed by atoms with Crippen molar-refractivity contribution < 1.29 is 0 Å². The Morgan fingerprint density at radius 1 is 0.833 bits per heavy atom. The van der Waals surface area contributed by atoms with Crippen LogP contribution in [0.4, 0.5) is 0 Å². The minimum Gasteiger partial charge on any atom is -0.390 e. The number of hydrogen-bond acceptors (Lipinski definition) is 2. The third kappa shape index (κ3) is 9.34. The van der Waals surface area contributed by atoms with Crippen LogP contribution in [0.3, 0.4) is 0 Å². The van der Waals surface area contributed by atoms with Crippen LogP contribution in [0.5, 0.6) is 0 Å². The van der Waals surface area contributed by atoms with Crippen molar-refractivity contribution in [1.82, 2.24) is 10.6 Å². The lowest BCUT2D eigenvalue weighted by atomic mass is 10.3. The van der Waals surface area contributed by atoms with Crippen LogP contribution < -0.4 is 10.6 Å². The van der Waals surface area contributed by atoms with Crippen molar-refractivity contribution in [2.24, 2.45) is 0 Å². The Hall–Kier alpha value is -0.660. The first-order chi connectivity index (χ1) is 5.91. The van der Waals surface area contributed by atoms with Gasteiger partial charge in [0.1, 0.15) is 0 Å². The number of hydrogen-bond donors (Lipinski definition) is 2. The molecule has 12 heavy (non-hydrogen) atoms. The minimum atomic E-state index is 1.09. The molecule has 0 aromatic carbocycles. The van der Waals surface area contributed by atoms with Gasteiger partial charge >= 0.3 is 0 Å². The Morgan fingerprint density at radius 3 is 1.58 bits per heavy atom. The summed E-state index contributed by atoms with van der Waals surface area (Å²) in [4.78, 5) is 0. The number of rotatable bonds is 8. The Balaban J connectivity index is 2.93. The molecule has 0 radical (unpaired) electrons. The molecule has 0 heterocycles. The van der Waals surface area contributed by atoms with E-state index in [1.165, 1.54) is 25.7 Å². The number of unbranched alkanes of at least 4 members (excludes halogenated alkanes) is 2. The molecule has 0 atom stereocenters. The predicted molar refractivity (Wildman–Crippen MR) is 55.0 cm³/mol. The highest BCUT2D eigenvalue weighted by Crippen LogP contribution is 1.83. The predicted octanol–water partition coefficient (Wildman–Crippen LogP) is 2.24. The lowest BCUT2D eigenvalue weighted by Crippen LogP contribution is -2.11. The van der Waals surface area contributed by atoms with Crippen molar-refractivity contribution in [3.63, 3.8) is 0 Å². The van der Waals surface area contributed by atoms with Gasteiger partial charge in [-0.25, -0.2) is 0 Å². The van der Waals surface area contributed by atoms with Crippen LogP contribution in [-0.2, 0) is 0 Å². The van der Waals surface area contributed by atoms with Crippen LogP contribution in [0.25, 0.3) is 0 Å². The van der Waals surface area contributed by atoms with Gasteiger partial charge in [0.05, 0.1) is 0 Å². The standard InChI is InChI=1S/C10H22N2/c1-3-5-7-11-9-10-12-8-6-4-2/h9-12H,3-8H2,1-2H3/b10-9-. The second-order valence-electron chi connectivity index (χ2n) is 2.95. The van der Waals surface area contributed by atoms with Crippen LogP contribution in [0.15, 0.2) is 12.4 Å². The van der Waals surface area contributed by atoms with Gasteiger partial charge in [-0.05, 0) is 12.8 Å². The molecule has 0 amide bonds. The fraction of sp³-hybridized carbons (Fsp3) is 0.800. The zero-order valence-electron chi connectivity index (χ0n) is 8.40. The van der Waals surface area contributed by atoms with Crippen molar-refractivity contribution in [2.45, 2.75) is 39.5 Å². The van der Waals surface area contributed by atoms with Crippen molar-refractivity contribution in [1.29, 1.82) is 0 Å². The van der Waals surface area contributed by atoms with Crippen molar-refractivity contribution >= 4 is 0 Å². The first-order valence-electron chi connectivity index (χ1n) is 5.03. The third-order valence-electron chi connectivity index (χ3n) is 1.67. The van der Waals surface area contributed by atoms with E-state index in [4.69, 9.17) is 0 Å². The first-order valence-corrected chi connectivity index (χ1v) is 5.03. The first kappa shape index (κ1) is 11.3. The van der Waals surface area contributed by atoms with Gasteiger partial charge in [0, 0.05) is 25.5 Å². The molecule has 0 aliphatic heterocycles. The highest BCUT2D eigenvalue weighted by atomic mass is 14.9. The summed E-state index contributed by atoms with van der Waals surface area (Å²) in [6.07, 6.45) is 8.99. The summed E-state index contributed by atoms with van der Waals surface area (Å²) >= 11 is 0. The molecule has 2 heteroatoms. The van der Waals surface area contributed by atoms with Gasteiger partial charge in [0.2, 0.25) is 0 Å². The highest BCUT2D eigenvalue weighted by Gasteiger charge is 1.79. The van der Waals surface area contributed by atoms with Crippen LogP contribution in [-0.4, -0.2) is 13.1 Å². The maximum absolute atomic E-state index is 3.22. The quantitative estimate of drug-likeness (QED) is 0.546. The van der Waals surface area contributed by atoms with Crippen molar-refractivity contribution in [2.75, 3.05) is 13.1 Å². The van der Waals surface area contributed by atoms with Crippen LogP contribution >= 0.6 is 0 Å². The van der Waals surface area contributed by atoms with Gasteiger partial charge in [0.15, 0.2) is 0 Å².